The molecule has 0 saturated heterocycles. The Bertz CT molecular complexity index is 624. The summed E-state index contributed by atoms with van der Waals surface area (Å²) in [5, 5.41) is 12.3. The SMILES string of the molecule is Cc1cc(C)c(C(=O)NCc2cccc(O)c2)c(C)c1. The van der Waals surface area contributed by atoms with Crippen LogP contribution in [0, 0.1) is 20.8 Å². The standard InChI is InChI=1S/C17H19NO2/c1-11-7-12(2)16(13(3)8-11)17(20)18-10-14-5-4-6-15(19)9-14/h4-9,19H,10H2,1-3H3,(H,18,20). The van der Waals surface area contributed by atoms with Gasteiger partial charge < -0.3 is 10.4 Å². The highest BCUT2D eigenvalue weighted by molar-refractivity contribution is 5.97. The molecule has 2 N–H and O–H groups in total. The van der Waals surface area contributed by atoms with E-state index in [1.54, 1.807) is 18.2 Å². The lowest BCUT2D eigenvalue weighted by atomic mass is 9.99. The molecule has 0 spiro atoms. The first-order valence-corrected chi connectivity index (χ1v) is 6.61. The molecule has 1 amide bonds. The van der Waals surface area contributed by atoms with Crippen LogP contribution in [0.15, 0.2) is 36.4 Å². The molecule has 0 atom stereocenters. The number of carbonyl (C=O) groups is 1. The smallest absolute Gasteiger partial charge is 0.252 e. The number of rotatable bonds is 3. The summed E-state index contributed by atoms with van der Waals surface area (Å²) in [6.45, 7) is 6.32. The monoisotopic (exact) mass is 269 g/mol. The van der Waals surface area contributed by atoms with Gasteiger partial charge in [0.1, 0.15) is 5.75 Å². The normalized spacial score (nSPS) is 10.3. The maximum Gasteiger partial charge on any atom is 0.252 e. The topological polar surface area (TPSA) is 49.3 Å². The van der Waals surface area contributed by atoms with Crippen LogP contribution in [0.1, 0.15) is 32.6 Å². The first kappa shape index (κ1) is 14.1. The molecule has 0 aliphatic carbocycles. The molecule has 2 aromatic carbocycles. The van der Waals surface area contributed by atoms with Crippen LogP contribution in [-0.2, 0) is 6.54 Å². The maximum atomic E-state index is 12.3. The highest BCUT2D eigenvalue weighted by atomic mass is 16.3. The van der Waals surface area contributed by atoms with E-state index in [0.29, 0.717) is 6.54 Å². The van der Waals surface area contributed by atoms with Gasteiger partial charge in [0.05, 0.1) is 0 Å². The number of amides is 1. The fraction of sp³-hybridized carbons (Fsp3) is 0.235. The van der Waals surface area contributed by atoms with Crippen molar-refractivity contribution in [2.75, 3.05) is 0 Å². The number of aromatic hydroxyl groups is 1. The van der Waals surface area contributed by atoms with Crippen LogP contribution >= 0.6 is 0 Å². The van der Waals surface area contributed by atoms with E-state index in [0.717, 1.165) is 27.8 Å². The third kappa shape index (κ3) is 3.18. The predicted octanol–water partition coefficient (Wildman–Crippen LogP) is 3.25. The molecule has 3 heteroatoms. The summed E-state index contributed by atoms with van der Waals surface area (Å²) in [6, 6.07) is 10.9. The summed E-state index contributed by atoms with van der Waals surface area (Å²) in [4.78, 5) is 12.3. The average Bonchev–Trinajstić information content (AvgIpc) is 2.35. The van der Waals surface area contributed by atoms with E-state index in [4.69, 9.17) is 0 Å². The second-order valence-electron chi connectivity index (χ2n) is 5.13. The van der Waals surface area contributed by atoms with Gasteiger partial charge in [-0.05, 0) is 49.6 Å². The molecule has 0 saturated carbocycles. The molecule has 0 aliphatic heterocycles. The van der Waals surface area contributed by atoms with Gasteiger partial charge in [-0.25, -0.2) is 0 Å². The molecule has 0 aromatic heterocycles. The predicted molar refractivity (Wildman–Crippen MR) is 79.9 cm³/mol. The summed E-state index contributed by atoms with van der Waals surface area (Å²) in [5.74, 6) is 0.128. The van der Waals surface area contributed by atoms with Gasteiger partial charge in [-0.3, -0.25) is 4.79 Å². The van der Waals surface area contributed by atoms with Crippen LogP contribution in [0.2, 0.25) is 0 Å². The van der Waals surface area contributed by atoms with Crippen molar-refractivity contribution in [2.24, 2.45) is 0 Å². The van der Waals surface area contributed by atoms with Gasteiger partial charge in [0.25, 0.3) is 5.91 Å². The first-order chi connectivity index (χ1) is 9.47. The number of benzene rings is 2. The fourth-order valence-electron chi connectivity index (χ4n) is 2.48. The van der Waals surface area contributed by atoms with Gasteiger partial charge in [-0.1, -0.05) is 29.8 Å². The molecule has 0 aliphatic rings. The summed E-state index contributed by atoms with van der Waals surface area (Å²) >= 11 is 0. The number of phenols is 1. The van der Waals surface area contributed by atoms with Crippen LogP contribution in [0.3, 0.4) is 0 Å². The van der Waals surface area contributed by atoms with Crippen molar-refractivity contribution in [1.29, 1.82) is 0 Å². The van der Waals surface area contributed by atoms with Crippen molar-refractivity contribution in [1.82, 2.24) is 5.32 Å². The Morgan fingerprint density at radius 3 is 2.35 bits per heavy atom. The Balaban J connectivity index is 2.13. The molecule has 0 fully saturated rings. The number of phenolic OH excluding ortho intramolecular Hbond substituents is 1. The van der Waals surface area contributed by atoms with E-state index in [9.17, 15) is 9.90 Å². The minimum absolute atomic E-state index is 0.0802. The maximum absolute atomic E-state index is 12.3. The van der Waals surface area contributed by atoms with Crippen molar-refractivity contribution in [2.45, 2.75) is 27.3 Å². The second kappa shape index (κ2) is 5.78. The van der Waals surface area contributed by atoms with Crippen molar-refractivity contribution < 1.29 is 9.90 Å². The number of nitrogens with one attached hydrogen (secondary N) is 1. The number of hydrogen-bond donors (Lipinski definition) is 2. The molecule has 0 radical (unpaired) electrons. The number of carbonyl (C=O) groups excluding carboxylic acids is 1. The van der Waals surface area contributed by atoms with E-state index in [1.165, 1.54) is 0 Å². The van der Waals surface area contributed by atoms with Gasteiger partial charge in [0.2, 0.25) is 0 Å². The Hall–Kier alpha value is -2.29. The third-order valence-corrected chi connectivity index (χ3v) is 3.27. The highest BCUT2D eigenvalue weighted by Crippen LogP contribution is 2.17. The molecule has 0 heterocycles. The minimum Gasteiger partial charge on any atom is -0.508 e. The number of aryl methyl sites for hydroxylation is 3. The van der Waals surface area contributed by atoms with Crippen molar-refractivity contribution in [3.05, 3.63) is 64.2 Å². The van der Waals surface area contributed by atoms with Gasteiger partial charge in [0, 0.05) is 12.1 Å². The van der Waals surface area contributed by atoms with Gasteiger partial charge in [-0.15, -0.1) is 0 Å². The van der Waals surface area contributed by atoms with Crippen molar-refractivity contribution in [3.8, 4) is 5.75 Å². The molecule has 2 aromatic rings. The van der Waals surface area contributed by atoms with Gasteiger partial charge in [-0.2, -0.15) is 0 Å². The average molecular weight is 269 g/mol. The van der Waals surface area contributed by atoms with Crippen LogP contribution in [0.5, 0.6) is 5.75 Å². The molecule has 104 valence electrons. The second-order valence-corrected chi connectivity index (χ2v) is 5.13. The fourth-order valence-corrected chi connectivity index (χ4v) is 2.48. The summed E-state index contributed by atoms with van der Waals surface area (Å²) in [5.41, 5.74) is 4.73. The lowest BCUT2D eigenvalue weighted by Crippen LogP contribution is -2.24. The van der Waals surface area contributed by atoms with E-state index < -0.39 is 0 Å². The zero-order valence-corrected chi connectivity index (χ0v) is 12.0. The third-order valence-electron chi connectivity index (χ3n) is 3.27. The molecule has 20 heavy (non-hydrogen) atoms. The minimum atomic E-state index is -0.0802. The van der Waals surface area contributed by atoms with E-state index >= 15 is 0 Å². The summed E-state index contributed by atoms with van der Waals surface area (Å²) in [6.07, 6.45) is 0. The van der Waals surface area contributed by atoms with E-state index in [1.807, 2.05) is 39.0 Å². The Labute approximate surface area is 119 Å². The van der Waals surface area contributed by atoms with Crippen LogP contribution in [-0.4, -0.2) is 11.0 Å². The highest BCUT2D eigenvalue weighted by Gasteiger charge is 2.12. The molecule has 2 rings (SSSR count). The number of hydrogen-bond acceptors (Lipinski definition) is 2. The molecular formula is C17H19NO2. The largest absolute Gasteiger partial charge is 0.508 e. The molecular weight excluding hydrogens is 250 g/mol. The van der Waals surface area contributed by atoms with Crippen molar-refractivity contribution in [3.63, 3.8) is 0 Å². The van der Waals surface area contributed by atoms with Crippen molar-refractivity contribution >= 4 is 5.91 Å². The molecule has 0 unspecified atom stereocenters. The van der Waals surface area contributed by atoms with Crippen LogP contribution in [0.25, 0.3) is 0 Å². The summed E-state index contributed by atoms with van der Waals surface area (Å²) < 4.78 is 0. The Morgan fingerprint density at radius 2 is 1.75 bits per heavy atom. The van der Waals surface area contributed by atoms with E-state index in [2.05, 4.69) is 5.32 Å². The zero-order chi connectivity index (χ0) is 14.7. The molecule has 3 nitrogen and oxygen atoms in total. The quantitative estimate of drug-likeness (QED) is 0.898. The Kier molecular flexibility index (Phi) is 4.08. The van der Waals surface area contributed by atoms with Gasteiger partial charge in [0.15, 0.2) is 0 Å². The zero-order valence-electron chi connectivity index (χ0n) is 12.0. The van der Waals surface area contributed by atoms with Crippen LogP contribution < -0.4 is 5.32 Å². The van der Waals surface area contributed by atoms with E-state index in [-0.39, 0.29) is 11.7 Å². The lowest BCUT2D eigenvalue weighted by Gasteiger charge is -2.12. The first-order valence-electron chi connectivity index (χ1n) is 6.61. The molecule has 0 bridgehead atoms. The Morgan fingerprint density at radius 1 is 1.10 bits per heavy atom. The lowest BCUT2D eigenvalue weighted by molar-refractivity contribution is 0.0949. The van der Waals surface area contributed by atoms with Crippen LogP contribution in [0.4, 0.5) is 0 Å². The summed E-state index contributed by atoms with van der Waals surface area (Å²) in [7, 11) is 0. The van der Waals surface area contributed by atoms with Gasteiger partial charge >= 0.3 is 0 Å².